The number of benzene rings is 4. The standard InChI is InChI=1S/C30H30FN3O7S2/c1-20-5-15-27(21(2)17-20)33-42(36,37)25-12-8-23(9-13-25)32-30(35)19-34(24-10-6-22(31)7-11-24)43(38,39)26-14-16-28(40-3)29(18-26)41-4/h5-18,33H,19H2,1-4H3,(H,32,35). The minimum absolute atomic E-state index is 0.0329. The maximum Gasteiger partial charge on any atom is 0.264 e. The minimum atomic E-state index is -4.35. The van der Waals surface area contributed by atoms with Gasteiger partial charge in [0, 0.05) is 11.8 Å². The van der Waals surface area contributed by atoms with Gasteiger partial charge >= 0.3 is 0 Å². The zero-order valence-corrected chi connectivity index (χ0v) is 25.4. The fourth-order valence-corrected chi connectivity index (χ4v) is 6.77. The second-order valence-corrected chi connectivity index (χ2v) is 13.0. The van der Waals surface area contributed by atoms with E-state index in [1.165, 1.54) is 68.8 Å². The van der Waals surface area contributed by atoms with E-state index in [2.05, 4.69) is 10.0 Å². The number of carbonyl (C=O) groups is 1. The Kier molecular flexibility index (Phi) is 9.26. The molecule has 0 spiro atoms. The van der Waals surface area contributed by atoms with Crippen LogP contribution in [0.1, 0.15) is 11.1 Å². The van der Waals surface area contributed by atoms with Crippen LogP contribution in [0.5, 0.6) is 11.5 Å². The molecule has 0 atom stereocenters. The first-order valence-electron chi connectivity index (χ1n) is 12.8. The summed E-state index contributed by atoms with van der Waals surface area (Å²) in [5.41, 5.74) is 2.49. The third-order valence-corrected chi connectivity index (χ3v) is 9.57. The molecule has 4 aromatic carbocycles. The largest absolute Gasteiger partial charge is 0.493 e. The van der Waals surface area contributed by atoms with Crippen LogP contribution in [0, 0.1) is 19.7 Å². The molecule has 10 nitrogen and oxygen atoms in total. The molecule has 4 rings (SSSR count). The number of halogens is 1. The molecular formula is C30H30FN3O7S2. The highest BCUT2D eigenvalue weighted by molar-refractivity contribution is 7.93. The predicted molar refractivity (Wildman–Crippen MR) is 162 cm³/mol. The minimum Gasteiger partial charge on any atom is -0.493 e. The van der Waals surface area contributed by atoms with Crippen molar-refractivity contribution in [3.05, 3.63) is 102 Å². The molecule has 0 aliphatic carbocycles. The summed E-state index contributed by atoms with van der Waals surface area (Å²) in [7, 11) is -5.50. The highest BCUT2D eigenvalue weighted by Gasteiger charge is 2.28. The van der Waals surface area contributed by atoms with Crippen molar-refractivity contribution < 1.29 is 35.5 Å². The number of sulfonamides is 2. The Morgan fingerprint density at radius 3 is 2.02 bits per heavy atom. The van der Waals surface area contributed by atoms with Gasteiger partial charge in [0.1, 0.15) is 12.4 Å². The van der Waals surface area contributed by atoms with E-state index in [9.17, 15) is 26.0 Å². The van der Waals surface area contributed by atoms with Crippen molar-refractivity contribution in [1.82, 2.24) is 0 Å². The lowest BCUT2D eigenvalue weighted by atomic mass is 10.1. The molecule has 0 bridgehead atoms. The molecule has 0 heterocycles. The number of hydrogen-bond acceptors (Lipinski definition) is 7. The molecule has 0 unspecified atom stereocenters. The van der Waals surface area contributed by atoms with Gasteiger partial charge in [-0.2, -0.15) is 0 Å². The molecule has 43 heavy (non-hydrogen) atoms. The van der Waals surface area contributed by atoms with Crippen molar-refractivity contribution >= 4 is 43.0 Å². The van der Waals surface area contributed by atoms with Crippen LogP contribution in [0.4, 0.5) is 21.5 Å². The Labute approximate surface area is 250 Å². The predicted octanol–water partition coefficient (Wildman–Crippen LogP) is 5.09. The molecule has 13 heteroatoms. The van der Waals surface area contributed by atoms with Crippen molar-refractivity contribution in [3.8, 4) is 11.5 Å². The Morgan fingerprint density at radius 1 is 0.791 bits per heavy atom. The topological polar surface area (TPSA) is 131 Å². The first kappa shape index (κ1) is 31.3. The van der Waals surface area contributed by atoms with Crippen molar-refractivity contribution in [2.75, 3.05) is 35.1 Å². The van der Waals surface area contributed by atoms with E-state index in [1.807, 2.05) is 13.0 Å². The fraction of sp³-hybridized carbons (Fsp3) is 0.167. The summed E-state index contributed by atoms with van der Waals surface area (Å²) >= 11 is 0. The maximum atomic E-state index is 13.7. The lowest BCUT2D eigenvalue weighted by Crippen LogP contribution is -2.38. The monoisotopic (exact) mass is 627 g/mol. The van der Waals surface area contributed by atoms with Gasteiger partial charge in [0.05, 0.1) is 35.4 Å². The lowest BCUT2D eigenvalue weighted by molar-refractivity contribution is -0.114. The van der Waals surface area contributed by atoms with Gasteiger partial charge < -0.3 is 14.8 Å². The smallest absolute Gasteiger partial charge is 0.264 e. The Hall–Kier alpha value is -4.62. The second-order valence-electron chi connectivity index (χ2n) is 9.50. The van der Waals surface area contributed by atoms with Crippen LogP contribution in [0.2, 0.25) is 0 Å². The van der Waals surface area contributed by atoms with Crippen LogP contribution in [0.3, 0.4) is 0 Å². The van der Waals surface area contributed by atoms with E-state index in [4.69, 9.17) is 9.47 Å². The summed E-state index contributed by atoms with van der Waals surface area (Å²) < 4.78 is 80.7. The van der Waals surface area contributed by atoms with E-state index in [0.717, 1.165) is 27.6 Å². The molecular weight excluding hydrogens is 597 g/mol. The highest BCUT2D eigenvalue weighted by Crippen LogP contribution is 2.32. The van der Waals surface area contributed by atoms with Crippen molar-refractivity contribution in [3.63, 3.8) is 0 Å². The van der Waals surface area contributed by atoms with Gasteiger partial charge in [0.2, 0.25) is 5.91 Å². The summed E-state index contributed by atoms with van der Waals surface area (Å²) in [6, 6.07) is 19.4. The molecule has 4 aromatic rings. The number of amides is 1. The van der Waals surface area contributed by atoms with Crippen molar-refractivity contribution in [2.45, 2.75) is 23.6 Å². The number of rotatable bonds is 11. The summed E-state index contributed by atoms with van der Waals surface area (Å²) in [5.74, 6) is -0.840. The summed E-state index contributed by atoms with van der Waals surface area (Å²) in [6.07, 6.45) is 0. The highest BCUT2D eigenvalue weighted by atomic mass is 32.2. The number of carbonyl (C=O) groups excluding carboxylic acids is 1. The van der Waals surface area contributed by atoms with Crippen molar-refractivity contribution in [1.29, 1.82) is 0 Å². The van der Waals surface area contributed by atoms with Crippen LogP contribution in [0.15, 0.2) is 94.7 Å². The maximum absolute atomic E-state index is 13.7. The summed E-state index contributed by atoms with van der Waals surface area (Å²) in [6.45, 7) is 3.03. The quantitative estimate of drug-likeness (QED) is 0.237. The Morgan fingerprint density at radius 2 is 1.42 bits per heavy atom. The van der Waals surface area contributed by atoms with Gasteiger partial charge in [-0.25, -0.2) is 21.2 Å². The molecule has 0 aromatic heterocycles. The number of methoxy groups -OCH3 is 2. The number of aryl methyl sites for hydroxylation is 2. The fourth-order valence-electron chi connectivity index (χ4n) is 4.21. The first-order valence-corrected chi connectivity index (χ1v) is 15.8. The van der Waals surface area contributed by atoms with E-state index < -0.39 is 38.3 Å². The van der Waals surface area contributed by atoms with Crippen LogP contribution >= 0.6 is 0 Å². The van der Waals surface area contributed by atoms with E-state index >= 15 is 0 Å². The average Bonchev–Trinajstić information content (AvgIpc) is 2.97. The van der Waals surface area contributed by atoms with E-state index in [0.29, 0.717) is 11.4 Å². The molecule has 2 N–H and O–H groups in total. The normalized spacial score (nSPS) is 11.5. The zero-order valence-electron chi connectivity index (χ0n) is 23.8. The average molecular weight is 628 g/mol. The number of anilines is 3. The van der Waals surface area contributed by atoms with Gasteiger partial charge in [-0.1, -0.05) is 17.7 Å². The third-order valence-electron chi connectivity index (χ3n) is 6.42. The van der Waals surface area contributed by atoms with Crippen LogP contribution in [-0.2, 0) is 24.8 Å². The third kappa shape index (κ3) is 7.24. The molecule has 0 saturated heterocycles. The molecule has 1 amide bonds. The number of hydrogen-bond donors (Lipinski definition) is 2. The zero-order chi connectivity index (χ0) is 31.4. The molecule has 0 aliphatic heterocycles. The van der Waals surface area contributed by atoms with Gasteiger partial charge in [0.15, 0.2) is 11.5 Å². The summed E-state index contributed by atoms with van der Waals surface area (Å²) in [4.78, 5) is 12.9. The Bertz CT molecular complexity index is 1850. The van der Waals surface area contributed by atoms with Crippen LogP contribution in [0.25, 0.3) is 0 Å². The molecule has 0 radical (unpaired) electrons. The van der Waals surface area contributed by atoms with Gasteiger partial charge in [0.25, 0.3) is 20.0 Å². The second kappa shape index (κ2) is 12.7. The van der Waals surface area contributed by atoms with Gasteiger partial charge in [-0.15, -0.1) is 0 Å². The molecule has 226 valence electrons. The molecule has 0 aliphatic rings. The number of nitrogens with zero attached hydrogens (tertiary/aromatic N) is 1. The van der Waals surface area contributed by atoms with E-state index in [1.54, 1.807) is 19.1 Å². The number of nitrogens with one attached hydrogen (secondary N) is 2. The molecule has 0 saturated carbocycles. The lowest BCUT2D eigenvalue weighted by Gasteiger charge is -2.24. The summed E-state index contributed by atoms with van der Waals surface area (Å²) in [5, 5.41) is 2.58. The van der Waals surface area contributed by atoms with Gasteiger partial charge in [-0.3, -0.25) is 13.8 Å². The SMILES string of the molecule is COc1ccc(S(=O)(=O)N(CC(=O)Nc2ccc(S(=O)(=O)Nc3ccc(C)cc3C)cc2)c2ccc(F)cc2)cc1OC. The Balaban J connectivity index is 1.56. The molecule has 0 fully saturated rings. The van der Waals surface area contributed by atoms with Gasteiger partial charge in [-0.05, 0) is 86.1 Å². The number of ether oxygens (including phenoxy) is 2. The first-order chi connectivity index (χ1) is 20.3. The van der Waals surface area contributed by atoms with Crippen LogP contribution in [-0.4, -0.2) is 43.5 Å². The van der Waals surface area contributed by atoms with E-state index in [-0.39, 0.29) is 26.9 Å². The van der Waals surface area contributed by atoms with Crippen molar-refractivity contribution in [2.24, 2.45) is 0 Å². The van der Waals surface area contributed by atoms with Crippen LogP contribution < -0.4 is 23.8 Å².